The number of rotatable bonds is 9. The van der Waals surface area contributed by atoms with Crippen LogP contribution >= 0.6 is 0 Å². The van der Waals surface area contributed by atoms with E-state index in [1.807, 2.05) is 0 Å². The molecule has 1 aromatic heterocycles. The van der Waals surface area contributed by atoms with Crippen LogP contribution in [0.5, 0.6) is 0 Å². The zero-order valence-electron chi connectivity index (χ0n) is 15.5. The Morgan fingerprint density at radius 1 is 1.25 bits per heavy atom. The average molecular weight is 393 g/mol. The highest BCUT2D eigenvalue weighted by Gasteiger charge is 2.42. The van der Waals surface area contributed by atoms with E-state index in [4.69, 9.17) is 9.84 Å². The van der Waals surface area contributed by atoms with Gasteiger partial charge in [0.15, 0.2) is 0 Å². The Morgan fingerprint density at radius 2 is 2.00 bits per heavy atom. The van der Waals surface area contributed by atoms with Gasteiger partial charge in [-0.25, -0.2) is 13.8 Å². The third kappa shape index (κ3) is 4.79. The number of carbonyl (C=O) groups excluding carboxylic acids is 1. The molecule has 2 aromatic rings. The molecule has 0 amide bonds. The molecule has 0 bridgehead atoms. The molecule has 1 aromatic carbocycles. The SMILES string of the molecule is CCOC(=O)[C@@](CC)(CCC(=O)O)c1cncc(Nc2ccc(F)cc2F)n1. The summed E-state index contributed by atoms with van der Waals surface area (Å²) < 4.78 is 32.1. The van der Waals surface area contributed by atoms with Crippen LogP contribution in [0.2, 0.25) is 0 Å². The number of carbonyl (C=O) groups is 2. The van der Waals surface area contributed by atoms with Gasteiger partial charge in [-0.1, -0.05) is 6.92 Å². The molecule has 9 heteroatoms. The molecule has 0 aliphatic rings. The maximum absolute atomic E-state index is 13.9. The molecule has 2 N–H and O–H groups in total. The summed E-state index contributed by atoms with van der Waals surface area (Å²) in [5, 5.41) is 11.7. The van der Waals surface area contributed by atoms with Crippen molar-refractivity contribution in [3.05, 3.63) is 47.9 Å². The van der Waals surface area contributed by atoms with Crippen molar-refractivity contribution in [3.8, 4) is 0 Å². The fourth-order valence-corrected chi connectivity index (χ4v) is 2.81. The average Bonchev–Trinajstić information content (AvgIpc) is 2.65. The Bertz CT molecular complexity index is 863. The number of esters is 1. The van der Waals surface area contributed by atoms with Crippen LogP contribution < -0.4 is 5.32 Å². The summed E-state index contributed by atoms with van der Waals surface area (Å²) in [7, 11) is 0. The summed E-state index contributed by atoms with van der Waals surface area (Å²) in [5.41, 5.74) is -1.11. The van der Waals surface area contributed by atoms with Crippen molar-refractivity contribution in [1.82, 2.24) is 9.97 Å². The summed E-state index contributed by atoms with van der Waals surface area (Å²) in [6.45, 7) is 3.50. The van der Waals surface area contributed by atoms with Crippen molar-refractivity contribution in [1.29, 1.82) is 0 Å². The van der Waals surface area contributed by atoms with Gasteiger partial charge in [0.05, 0.1) is 24.2 Å². The Labute approximate surface area is 160 Å². The van der Waals surface area contributed by atoms with Crippen LogP contribution in [0.3, 0.4) is 0 Å². The van der Waals surface area contributed by atoms with Crippen molar-refractivity contribution in [2.75, 3.05) is 11.9 Å². The van der Waals surface area contributed by atoms with Gasteiger partial charge in [-0.2, -0.15) is 0 Å². The van der Waals surface area contributed by atoms with Gasteiger partial charge in [0.25, 0.3) is 0 Å². The molecule has 0 fully saturated rings. The molecular formula is C19H21F2N3O4. The molecule has 150 valence electrons. The molecule has 1 atom stereocenters. The molecule has 0 spiro atoms. The first-order chi connectivity index (χ1) is 13.3. The molecule has 2 rings (SSSR count). The highest BCUT2D eigenvalue weighted by molar-refractivity contribution is 5.83. The number of carboxylic acids is 1. The second-order valence-corrected chi connectivity index (χ2v) is 6.09. The lowest BCUT2D eigenvalue weighted by molar-refractivity contribution is -0.151. The third-order valence-electron chi connectivity index (χ3n) is 4.35. The number of nitrogens with zero attached hydrogens (tertiary/aromatic N) is 2. The number of hydrogen-bond donors (Lipinski definition) is 2. The number of hydrogen-bond acceptors (Lipinski definition) is 6. The Kier molecular flexibility index (Phi) is 6.97. The van der Waals surface area contributed by atoms with E-state index in [0.717, 1.165) is 12.1 Å². The number of aromatic nitrogens is 2. The normalized spacial score (nSPS) is 12.9. The Balaban J connectivity index is 2.41. The van der Waals surface area contributed by atoms with E-state index in [-0.39, 0.29) is 43.1 Å². The maximum Gasteiger partial charge on any atom is 0.318 e. The van der Waals surface area contributed by atoms with Gasteiger partial charge in [-0.15, -0.1) is 0 Å². The molecule has 7 nitrogen and oxygen atoms in total. The van der Waals surface area contributed by atoms with Crippen LogP contribution in [-0.2, 0) is 19.7 Å². The summed E-state index contributed by atoms with van der Waals surface area (Å²) in [5.74, 6) is -3.06. The minimum absolute atomic E-state index is 0.0170. The highest BCUT2D eigenvalue weighted by Crippen LogP contribution is 2.34. The molecule has 0 saturated heterocycles. The number of aliphatic carboxylic acids is 1. The highest BCUT2D eigenvalue weighted by atomic mass is 19.1. The van der Waals surface area contributed by atoms with Crippen LogP contribution in [0.4, 0.5) is 20.3 Å². The smallest absolute Gasteiger partial charge is 0.318 e. The molecule has 0 unspecified atom stereocenters. The molecule has 0 radical (unpaired) electrons. The molecule has 28 heavy (non-hydrogen) atoms. The Morgan fingerprint density at radius 3 is 2.61 bits per heavy atom. The topological polar surface area (TPSA) is 101 Å². The first-order valence-electron chi connectivity index (χ1n) is 8.76. The van der Waals surface area contributed by atoms with E-state index in [1.54, 1.807) is 13.8 Å². The van der Waals surface area contributed by atoms with Crippen molar-refractivity contribution < 1.29 is 28.2 Å². The van der Waals surface area contributed by atoms with Crippen LogP contribution in [0.1, 0.15) is 38.8 Å². The van der Waals surface area contributed by atoms with Crippen molar-refractivity contribution >= 4 is 23.4 Å². The lowest BCUT2D eigenvalue weighted by Crippen LogP contribution is -2.38. The van der Waals surface area contributed by atoms with Gasteiger partial charge < -0.3 is 15.2 Å². The van der Waals surface area contributed by atoms with Gasteiger partial charge in [0.1, 0.15) is 22.9 Å². The lowest BCUT2D eigenvalue weighted by Gasteiger charge is -2.29. The Hall–Kier alpha value is -3.10. The monoisotopic (exact) mass is 393 g/mol. The van der Waals surface area contributed by atoms with E-state index in [9.17, 15) is 18.4 Å². The van der Waals surface area contributed by atoms with E-state index < -0.39 is 29.0 Å². The summed E-state index contributed by atoms with van der Waals surface area (Å²) >= 11 is 0. The third-order valence-corrected chi connectivity index (χ3v) is 4.35. The van der Waals surface area contributed by atoms with Gasteiger partial charge >= 0.3 is 11.9 Å². The molecule has 1 heterocycles. The van der Waals surface area contributed by atoms with Crippen LogP contribution in [0.15, 0.2) is 30.6 Å². The first-order valence-corrected chi connectivity index (χ1v) is 8.76. The van der Waals surface area contributed by atoms with E-state index in [1.165, 1.54) is 18.5 Å². The maximum atomic E-state index is 13.9. The summed E-state index contributed by atoms with van der Waals surface area (Å²) in [6, 6.07) is 3.02. The van der Waals surface area contributed by atoms with E-state index in [0.29, 0.717) is 0 Å². The second kappa shape index (κ2) is 9.20. The van der Waals surface area contributed by atoms with Gasteiger partial charge in [-0.3, -0.25) is 14.6 Å². The van der Waals surface area contributed by atoms with Crippen molar-refractivity contribution in [2.45, 2.75) is 38.5 Å². The van der Waals surface area contributed by atoms with E-state index >= 15 is 0 Å². The minimum atomic E-state index is -1.31. The van der Waals surface area contributed by atoms with E-state index in [2.05, 4.69) is 15.3 Å². The van der Waals surface area contributed by atoms with Crippen LogP contribution in [-0.4, -0.2) is 33.6 Å². The number of nitrogens with one attached hydrogen (secondary N) is 1. The molecule has 0 aliphatic heterocycles. The standard InChI is InChI=1S/C19H21F2N3O4/c1-3-19(8-7-17(25)26,18(27)28-4-2)15-10-22-11-16(24-15)23-14-6-5-12(20)9-13(14)21/h5-6,9-11H,3-4,7-8H2,1-2H3,(H,23,24)(H,25,26)/t19-/m0/s1. The predicted octanol–water partition coefficient (Wildman–Crippen LogP) is 3.57. The number of carboxylic acid groups (broad SMARTS) is 1. The number of ether oxygens (including phenoxy) is 1. The van der Waals surface area contributed by atoms with Gasteiger partial charge in [-0.05, 0) is 31.9 Å². The van der Waals surface area contributed by atoms with Gasteiger partial charge in [0.2, 0.25) is 0 Å². The second-order valence-electron chi connectivity index (χ2n) is 6.09. The zero-order valence-corrected chi connectivity index (χ0v) is 15.5. The zero-order chi connectivity index (χ0) is 20.7. The quantitative estimate of drug-likeness (QED) is 0.628. The van der Waals surface area contributed by atoms with Crippen molar-refractivity contribution in [3.63, 3.8) is 0 Å². The molecular weight excluding hydrogens is 372 g/mol. The van der Waals surface area contributed by atoms with Crippen LogP contribution in [0.25, 0.3) is 0 Å². The fourth-order valence-electron chi connectivity index (χ4n) is 2.81. The molecule has 0 aliphatic carbocycles. The fraction of sp³-hybridized carbons (Fsp3) is 0.368. The predicted molar refractivity (Wildman–Crippen MR) is 97.1 cm³/mol. The number of halogens is 2. The van der Waals surface area contributed by atoms with Crippen LogP contribution in [0, 0.1) is 11.6 Å². The van der Waals surface area contributed by atoms with Crippen molar-refractivity contribution in [2.24, 2.45) is 0 Å². The number of benzene rings is 1. The van der Waals surface area contributed by atoms with Gasteiger partial charge in [0, 0.05) is 18.7 Å². The largest absolute Gasteiger partial charge is 0.481 e. The molecule has 0 saturated carbocycles. The lowest BCUT2D eigenvalue weighted by atomic mass is 9.77. The first kappa shape index (κ1) is 21.2. The summed E-state index contributed by atoms with van der Waals surface area (Å²) in [4.78, 5) is 32.1. The number of anilines is 2. The summed E-state index contributed by atoms with van der Waals surface area (Å²) in [6.07, 6.45) is 2.62. The minimum Gasteiger partial charge on any atom is -0.481 e.